The molecule has 0 atom stereocenters. The molecule has 24 heavy (non-hydrogen) atoms. The lowest BCUT2D eigenvalue weighted by Gasteiger charge is -2.13. The first-order valence-electron chi connectivity index (χ1n) is 6.65. The fraction of sp³-hybridized carbons (Fsp3) is 0.133. The van der Waals surface area contributed by atoms with Crippen LogP contribution < -0.4 is 5.32 Å². The van der Waals surface area contributed by atoms with E-state index >= 15 is 0 Å². The minimum absolute atomic E-state index is 0.0426. The molecule has 0 fully saturated rings. The number of hydrogen-bond donors (Lipinski definition) is 2. The van der Waals surface area contributed by atoms with Gasteiger partial charge in [-0.2, -0.15) is 0 Å². The average Bonchev–Trinajstić information content (AvgIpc) is 2.50. The zero-order chi connectivity index (χ0) is 18.1. The van der Waals surface area contributed by atoms with E-state index in [1.54, 1.807) is 0 Å². The number of rotatable bonds is 4. The largest absolute Gasteiger partial charge is 0.506 e. The fourth-order valence-electron chi connectivity index (χ4n) is 1.85. The van der Waals surface area contributed by atoms with E-state index < -0.39 is 15.9 Å². The predicted molar refractivity (Wildman–Crippen MR) is 93.4 cm³/mol. The molecule has 0 radical (unpaired) electrons. The number of amides is 1. The average molecular weight is 389 g/mol. The van der Waals surface area contributed by atoms with Crippen LogP contribution in [0.2, 0.25) is 10.0 Å². The summed E-state index contributed by atoms with van der Waals surface area (Å²) in [6.45, 7) is 0. The number of anilines is 1. The molecule has 9 heteroatoms. The van der Waals surface area contributed by atoms with Crippen molar-refractivity contribution in [2.75, 3.05) is 19.4 Å². The van der Waals surface area contributed by atoms with Crippen molar-refractivity contribution < 1.29 is 18.3 Å². The quantitative estimate of drug-likeness (QED) is 0.787. The molecule has 0 bridgehead atoms. The molecule has 6 nitrogen and oxygen atoms in total. The summed E-state index contributed by atoms with van der Waals surface area (Å²) in [4.78, 5) is 12.3. The second-order valence-electron chi connectivity index (χ2n) is 5.04. The predicted octanol–water partition coefficient (Wildman–Crippen LogP) is 3.20. The lowest BCUT2D eigenvalue weighted by Crippen LogP contribution is -2.23. The van der Waals surface area contributed by atoms with Crippen molar-refractivity contribution in [3.63, 3.8) is 0 Å². The molecule has 0 saturated heterocycles. The maximum absolute atomic E-state index is 12.4. The highest BCUT2D eigenvalue weighted by Gasteiger charge is 2.21. The highest BCUT2D eigenvalue weighted by atomic mass is 35.5. The highest BCUT2D eigenvalue weighted by Crippen LogP contribution is 2.28. The van der Waals surface area contributed by atoms with Crippen molar-refractivity contribution >= 4 is 44.8 Å². The van der Waals surface area contributed by atoms with Crippen LogP contribution in [0.4, 0.5) is 5.69 Å². The Bertz CT molecular complexity index is 898. The number of carbonyl (C=O) groups excluding carboxylic acids is 1. The SMILES string of the molecule is CN(C)S(=O)(=O)c1ccc(Cl)c(C(=O)Nc2cc(Cl)ccc2O)c1. The van der Waals surface area contributed by atoms with Gasteiger partial charge in [-0.25, -0.2) is 12.7 Å². The highest BCUT2D eigenvalue weighted by molar-refractivity contribution is 7.89. The van der Waals surface area contributed by atoms with E-state index in [0.29, 0.717) is 5.02 Å². The monoisotopic (exact) mass is 388 g/mol. The molecule has 0 saturated carbocycles. The molecule has 0 aromatic heterocycles. The zero-order valence-corrected chi connectivity index (χ0v) is 15.1. The molecule has 2 rings (SSSR count). The van der Waals surface area contributed by atoms with E-state index in [-0.39, 0.29) is 26.9 Å². The summed E-state index contributed by atoms with van der Waals surface area (Å²) < 4.78 is 25.4. The summed E-state index contributed by atoms with van der Waals surface area (Å²) in [6.07, 6.45) is 0. The van der Waals surface area contributed by atoms with Gasteiger partial charge in [0.1, 0.15) is 5.75 Å². The van der Waals surface area contributed by atoms with Crippen LogP contribution in [0.25, 0.3) is 0 Å². The third-order valence-corrected chi connectivity index (χ3v) is 5.54. The van der Waals surface area contributed by atoms with Gasteiger partial charge in [-0.15, -0.1) is 0 Å². The normalized spacial score (nSPS) is 11.5. The van der Waals surface area contributed by atoms with Crippen molar-refractivity contribution in [1.29, 1.82) is 0 Å². The number of benzene rings is 2. The van der Waals surface area contributed by atoms with Crippen LogP contribution in [0.15, 0.2) is 41.3 Å². The van der Waals surface area contributed by atoms with Gasteiger partial charge in [0.25, 0.3) is 5.91 Å². The van der Waals surface area contributed by atoms with E-state index in [9.17, 15) is 18.3 Å². The number of nitrogens with one attached hydrogen (secondary N) is 1. The second kappa shape index (κ2) is 6.98. The smallest absolute Gasteiger partial charge is 0.257 e. The van der Waals surface area contributed by atoms with E-state index in [1.165, 1.54) is 50.5 Å². The summed E-state index contributed by atoms with van der Waals surface area (Å²) in [5, 5.41) is 12.6. The molecule has 0 spiro atoms. The lowest BCUT2D eigenvalue weighted by molar-refractivity contribution is 0.102. The van der Waals surface area contributed by atoms with Gasteiger partial charge in [0, 0.05) is 19.1 Å². The van der Waals surface area contributed by atoms with Crippen molar-refractivity contribution in [2.45, 2.75) is 4.90 Å². The molecular formula is C15H14Cl2N2O4S. The molecule has 0 unspecified atom stereocenters. The maximum Gasteiger partial charge on any atom is 0.257 e. The summed E-state index contributed by atoms with van der Waals surface area (Å²) >= 11 is 11.8. The summed E-state index contributed by atoms with van der Waals surface area (Å²) in [6, 6.07) is 7.96. The molecule has 0 aliphatic carbocycles. The molecule has 1 amide bonds. The first-order chi connectivity index (χ1) is 11.1. The molecule has 2 N–H and O–H groups in total. The number of carbonyl (C=O) groups is 1. The van der Waals surface area contributed by atoms with Crippen LogP contribution in [0.1, 0.15) is 10.4 Å². The van der Waals surface area contributed by atoms with Crippen molar-refractivity contribution in [3.05, 3.63) is 52.0 Å². The summed E-state index contributed by atoms with van der Waals surface area (Å²) in [5.74, 6) is -0.852. The van der Waals surface area contributed by atoms with Crippen LogP contribution in [0.5, 0.6) is 5.75 Å². The Morgan fingerprint density at radius 2 is 1.79 bits per heavy atom. The van der Waals surface area contributed by atoms with E-state index in [0.717, 1.165) is 4.31 Å². The van der Waals surface area contributed by atoms with Gasteiger partial charge in [-0.05, 0) is 36.4 Å². The zero-order valence-electron chi connectivity index (χ0n) is 12.7. The van der Waals surface area contributed by atoms with Crippen molar-refractivity contribution in [3.8, 4) is 5.75 Å². The standard InChI is InChI=1S/C15H14Cl2N2O4S/c1-19(2)24(22,23)10-4-5-12(17)11(8-10)15(21)18-13-7-9(16)3-6-14(13)20/h3-8,20H,1-2H3,(H,18,21). The van der Waals surface area contributed by atoms with Gasteiger partial charge in [-0.1, -0.05) is 23.2 Å². The van der Waals surface area contributed by atoms with Crippen LogP contribution >= 0.6 is 23.2 Å². The number of phenols is 1. The van der Waals surface area contributed by atoms with Gasteiger partial charge in [0.05, 0.1) is 21.2 Å². The van der Waals surface area contributed by atoms with Crippen LogP contribution in [0, 0.1) is 0 Å². The van der Waals surface area contributed by atoms with Gasteiger partial charge in [0.15, 0.2) is 0 Å². The van der Waals surface area contributed by atoms with Gasteiger partial charge in [-0.3, -0.25) is 4.79 Å². The Morgan fingerprint density at radius 3 is 2.42 bits per heavy atom. The van der Waals surface area contributed by atoms with Gasteiger partial charge in [0.2, 0.25) is 10.0 Å². The maximum atomic E-state index is 12.4. The van der Waals surface area contributed by atoms with E-state index in [4.69, 9.17) is 23.2 Å². The van der Waals surface area contributed by atoms with E-state index in [2.05, 4.69) is 5.32 Å². The molecule has 128 valence electrons. The van der Waals surface area contributed by atoms with Crippen LogP contribution in [-0.2, 0) is 10.0 Å². The number of nitrogens with zero attached hydrogens (tertiary/aromatic N) is 1. The second-order valence-corrected chi connectivity index (χ2v) is 8.04. The molecule has 0 aliphatic heterocycles. The van der Waals surface area contributed by atoms with Gasteiger partial charge < -0.3 is 10.4 Å². The van der Waals surface area contributed by atoms with E-state index in [1.807, 2.05) is 0 Å². The Hall–Kier alpha value is -1.80. The van der Waals surface area contributed by atoms with Crippen LogP contribution in [-0.4, -0.2) is 37.8 Å². The molecule has 0 aliphatic rings. The molecular weight excluding hydrogens is 375 g/mol. The van der Waals surface area contributed by atoms with Crippen LogP contribution in [0.3, 0.4) is 0 Å². The number of aromatic hydroxyl groups is 1. The number of sulfonamides is 1. The molecule has 0 heterocycles. The number of phenolic OH excluding ortho intramolecular Hbond substituents is 1. The first-order valence-corrected chi connectivity index (χ1v) is 8.84. The Labute approximate surface area is 149 Å². The topological polar surface area (TPSA) is 86.7 Å². The third kappa shape index (κ3) is 3.81. The number of hydrogen-bond acceptors (Lipinski definition) is 4. The molecule has 2 aromatic carbocycles. The number of halogens is 2. The summed E-state index contributed by atoms with van der Waals surface area (Å²) in [5.41, 5.74) is 0.0448. The minimum atomic E-state index is -3.71. The third-order valence-electron chi connectivity index (χ3n) is 3.17. The Kier molecular flexibility index (Phi) is 5.39. The Morgan fingerprint density at radius 1 is 1.12 bits per heavy atom. The van der Waals surface area contributed by atoms with Crippen molar-refractivity contribution in [1.82, 2.24) is 4.31 Å². The summed E-state index contributed by atoms with van der Waals surface area (Å²) in [7, 11) is -0.948. The Balaban J connectivity index is 2.41. The molecule has 2 aromatic rings. The van der Waals surface area contributed by atoms with Gasteiger partial charge >= 0.3 is 0 Å². The lowest BCUT2D eigenvalue weighted by atomic mass is 10.2. The van der Waals surface area contributed by atoms with Crippen molar-refractivity contribution in [2.24, 2.45) is 0 Å². The minimum Gasteiger partial charge on any atom is -0.506 e. The first kappa shape index (κ1) is 18.5. The fourth-order valence-corrected chi connectivity index (χ4v) is 3.15.